The highest BCUT2D eigenvalue weighted by Gasteiger charge is 2.31. The first kappa shape index (κ1) is 20.7. The van der Waals surface area contributed by atoms with Gasteiger partial charge in [-0.2, -0.15) is 11.8 Å². The number of halogens is 2. The van der Waals surface area contributed by atoms with E-state index in [1.807, 2.05) is 16.7 Å². The van der Waals surface area contributed by atoms with Gasteiger partial charge in [0, 0.05) is 43.6 Å². The van der Waals surface area contributed by atoms with Gasteiger partial charge >= 0.3 is 0 Å². The van der Waals surface area contributed by atoms with E-state index in [-0.39, 0.29) is 11.3 Å². The van der Waals surface area contributed by atoms with Gasteiger partial charge in [0.25, 0.3) is 6.43 Å². The van der Waals surface area contributed by atoms with Gasteiger partial charge in [0.15, 0.2) is 5.96 Å². The number of ether oxygens (including phenoxy) is 1. The highest BCUT2D eigenvalue weighted by molar-refractivity contribution is 8.00. The summed E-state index contributed by atoms with van der Waals surface area (Å²) in [4.78, 5) is 6.67. The number of piperidine rings is 1. The minimum atomic E-state index is -2.24. The Morgan fingerprint density at radius 1 is 1.32 bits per heavy atom. The van der Waals surface area contributed by atoms with Crippen molar-refractivity contribution in [2.45, 2.75) is 49.8 Å². The summed E-state index contributed by atoms with van der Waals surface area (Å²) in [5.41, 5.74) is 0. The van der Waals surface area contributed by atoms with Crippen LogP contribution in [0.2, 0.25) is 0 Å². The van der Waals surface area contributed by atoms with Crippen LogP contribution in [0.25, 0.3) is 0 Å². The first-order chi connectivity index (χ1) is 12.1. The highest BCUT2D eigenvalue weighted by Crippen LogP contribution is 2.34. The molecule has 0 aromatic rings. The fraction of sp³-hybridized carbons (Fsp3) is 0.941. The number of rotatable bonds is 7. The Morgan fingerprint density at radius 3 is 2.56 bits per heavy atom. The van der Waals surface area contributed by atoms with Gasteiger partial charge in [-0.1, -0.05) is 0 Å². The van der Waals surface area contributed by atoms with E-state index in [9.17, 15) is 8.78 Å². The van der Waals surface area contributed by atoms with Crippen molar-refractivity contribution in [2.24, 2.45) is 4.99 Å². The molecule has 0 aliphatic carbocycles. The lowest BCUT2D eigenvalue weighted by atomic mass is 9.99. The molecule has 0 saturated carbocycles. The molecule has 0 unspecified atom stereocenters. The van der Waals surface area contributed by atoms with E-state index in [0.29, 0.717) is 19.1 Å². The Bertz CT molecular complexity index is 411. The number of thioether (sulfide) groups is 1. The summed E-state index contributed by atoms with van der Waals surface area (Å²) in [7, 11) is 0. The summed E-state index contributed by atoms with van der Waals surface area (Å²) < 4.78 is 30.6. The van der Waals surface area contributed by atoms with E-state index in [1.54, 1.807) is 0 Å². The maximum Gasteiger partial charge on any atom is 0.251 e. The molecule has 8 heteroatoms. The molecular weight excluding hydrogens is 346 g/mol. The maximum atomic E-state index is 12.5. The van der Waals surface area contributed by atoms with Crippen LogP contribution < -0.4 is 10.6 Å². The average molecular weight is 379 g/mol. The zero-order valence-electron chi connectivity index (χ0n) is 15.4. The van der Waals surface area contributed by atoms with Gasteiger partial charge < -0.3 is 15.4 Å². The zero-order valence-corrected chi connectivity index (χ0v) is 16.2. The molecule has 0 amide bonds. The predicted octanol–water partition coefficient (Wildman–Crippen LogP) is 2.18. The number of nitrogens with one attached hydrogen (secondary N) is 2. The summed E-state index contributed by atoms with van der Waals surface area (Å²) >= 11 is 1.88. The second-order valence-corrected chi connectivity index (χ2v) is 8.08. The Balaban J connectivity index is 1.85. The first-order valence-electron chi connectivity index (χ1n) is 9.25. The molecular formula is C17H32F2N4OS. The van der Waals surface area contributed by atoms with E-state index in [1.165, 1.54) is 0 Å². The predicted molar refractivity (Wildman–Crippen MR) is 101 cm³/mol. The molecule has 25 heavy (non-hydrogen) atoms. The summed E-state index contributed by atoms with van der Waals surface area (Å²) in [5, 5.41) is 6.81. The van der Waals surface area contributed by atoms with Crippen molar-refractivity contribution in [1.29, 1.82) is 0 Å². The molecule has 2 rings (SSSR count). The standard InChI is InChI=1S/C17H32F2N4OS/c1-3-20-16(21-13-17(25-2)6-10-24-11-7-17)22-14-4-8-23(9-5-14)12-15(18)19/h14-15H,3-13H2,1-2H3,(H2,20,21,22). The van der Waals surface area contributed by atoms with Crippen molar-refractivity contribution in [3.8, 4) is 0 Å². The summed E-state index contributed by atoms with van der Waals surface area (Å²) in [5.74, 6) is 0.842. The third kappa shape index (κ3) is 6.90. The number of hydrogen-bond donors (Lipinski definition) is 2. The van der Waals surface area contributed by atoms with Crippen LogP contribution in [-0.2, 0) is 4.74 Å². The largest absolute Gasteiger partial charge is 0.381 e. The number of nitrogens with zero attached hydrogens (tertiary/aromatic N) is 2. The van der Waals surface area contributed by atoms with Gasteiger partial charge in [-0.05, 0) is 38.9 Å². The number of alkyl halides is 2. The first-order valence-corrected chi connectivity index (χ1v) is 10.5. The Morgan fingerprint density at radius 2 is 2.00 bits per heavy atom. The number of hydrogen-bond acceptors (Lipinski definition) is 4. The smallest absolute Gasteiger partial charge is 0.251 e. The molecule has 2 heterocycles. The lowest BCUT2D eigenvalue weighted by Gasteiger charge is -2.35. The van der Waals surface area contributed by atoms with Crippen LogP contribution in [0.4, 0.5) is 8.78 Å². The normalized spacial score (nSPS) is 23.0. The van der Waals surface area contributed by atoms with E-state index >= 15 is 0 Å². The van der Waals surface area contributed by atoms with Crippen LogP contribution in [0, 0.1) is 0 Å². The van der Waals surface area contributed by atoms with Crippen molar-refractivity contribution in [2.75, 3.05) is 52.2 Å². The molecule has 2 N–H and O–H groups in total. The fourth-order valence-corrected chi connectivity index (χ4v) is 4.13. The van der Waals surface area contributed by atoms with Crippen molar-refractivity contribution >= 4 is 17.7 Å². The number of aliphatic imine (C=N–C) groups is 1. The van der Waals surface area contributed by atoms with Crippen molar-refractivity contribution in [3.63, 3.8) is 0 Å². The second kappa shape index (κ2) is 10.5. The Kier molecular flexibility index (Phi) is 8.72. The SMILES string of the molecule is CCNC(=NCC1(SC)CCOCC1)NC1CCN(CC(F)F)CC1. The topological polar surface area (TPSA) is 48.9 Å². The third-order valence-electron chi connectivity index (χ3n) is 5.03. The van der Waals surface area contributed by atoms with Crippen LogP contribution >= 0.6 is 11.8 Å². The molecule has 2 aliphatic rings. The van der Waals surface area contributed by atoms with Crippen LogP contribution in [0.5, 0.6) is 0 Å². The minimum absolute atomic E-state index is 0.112. The van der Waals surface area contributed by atoms with Gasteiger partial charge in [-0.25, -0.2) is 8.78 Å². The Hall–Kier alpha value is -0.600. The van der Waals surface area contributed by atoms with E-state index in [0.717, 1.165) is 57.9 Å². The van der Waals surface area contributed by atoms with Gasteiger partial charge in [0.1, 0.15) is 0 Å². The van der Waals surface area contributed by atoms with Gasteiger partial charge in [0.05, 0.1) is 13.1 Å². The lowest BCUT2D eigenvalue weighted by molar-refractivity contribution is 0.0744. The number of likely N-dealkylation sites (tertiary alicyclic amines) is 1. The molecule has 2 saturated heterocycles. The molecule has 0 bridgehead atoms. The lowest BCUT2D eigenvalue weighted by Crippen LogP contribution is -2.49. The molecule has 2 fully saturated rings. The fourth-order valence-electron chi connectivity index (χ4n) is 3.36. The molecule has 2 aliphatic heterocycles. The number of guanidine groups is 1. The van der Waals surface area contributed by atoms with Crippen LogP contribution in [-0.4, -0.2) is 80.3 Å². The monoisotopic (exact) mass is 378 g/mol. The molecule has 146 valence electrons. The molecule has 0 atom stereocenters. The molecule has 0 aromatic carbocycles. The van der Waals surface area contributed by atoms with Crippen molar-refractivity contribution < 1.29 is 13.5 Å². The van der Waals surface area contributed by atoms with Gasteiger partial charge in [-0.3, -0.25) is 9.89 Å². The van der Waals surface area contributed by atoms with Crippen LogP contribution in [0.3, 0.4) is 0 Å². The minimum Gasteiger partial charge on any atom is -0.381 e. The summed E-state index contributed by atoms with van der Waals surface area (Å²) in [6.45, 7) is 6.58. The van der Waals surface area contributed by atoms with E-state index < -0.39 is 6.43 Å². The Labute approximate surface area is 154 Å². The zero-order chi connectivity index (χ0) is 18.1. The van der Waals surface area contributed by atoms with Crippen LogP contribution in [0.15, 0.2) is 4.99 Å². The molecule has 0 aromatic heterocycles. The molecule has 5 nitrogen and oxygen atoms in total. The van der Waals surface area contributed by atoms with E-state index in [4.69, 9.17) is 9.73 Å². The quantitative estimate of drug-likeness (QED) is 0.525. The second-order valence-electron chi connectivity index (χ2n) is 6.80. The highest BCUT2D eigenvalue weighted by atomic mass is 32.2. The summed E-state index contributed by atoms with van der Waals surface area (Å²) in [6.07, 6.45) is 3.72. The average Bonchev–Trinajstić information content (AvgIpc) is 2.62. The van der Waals surface area contributed by atoms with Gasteiger partial charge in [-0.15, -0.1) is 0 Å². The third-order valence-corrected chi connectivity index (χ3v) is 6.43. The van der Waals surface area contributed by atoms with Gasteiger partial charge in [0.2, 0.25) is 0 Å². The van der Waals surface area contributed by atoms with E-state index in [2.05, 4.69) is 23.8 Å². The van der Waals surface area contributed by atoms with Crippen molar-refractivity contribution in [1.82, 2.24) is 15.5 Å². The summed E-state index contributed by atoms with van der Waals surface area (Å²) in [6, 6.07) is 0.298. The van der Waals surface area contributed by atoms with Crippen molar-refractivity contribution in [3.05, 3.63) is 0 Å². The maximum absolute atomic E-state index is 12.5. The molecule has 0 spiro atoms. The molecule has 0 radical (unpaired) electrons. The van der Waals surface area contributed by atoms with Crippen LogP contribution in [0.1, 0.15) is 32.6 Å².